The molecule has 4 saturated heterocycles. The zero-order valence-corrected chi connectivity index (χ0v) is 64.4. The van der Waals surface area contributed by atoms with Crippen LogP contribution < -0.4 is 43.3 Å². The summed E-state index contributed by atoms with van der Waals surface area (Å²) in [4.78, 5) is 121. The first-order valence-electron chi connectivity index (χ1n) is 34.0. The molecular weight excluding hydrogens is 1620 g/mol. The number of esters is 4. The van der Waals surface area contributed by atoms with Gasteiger partial charge in [-0.05, 0) is 197 Å². The van der Waals surface area contributed by atoms with Crippen LogP contribution in [-0.4, -0.2) is 82.1 Å². The average molecular weight is 1670 g/mol. The summed E-state index contributed by atoms with van der Waals surface area (Å²) in [5, 5.41) is 13.0. The maximum Gasteiger partial charge on any atom is 0.343 e. The molecule has 10 aromatic rings. The van der Waals surface area contributed by atoms with Crippen LogP contribution in [0.2, 0.25) is 0 Å². The molecule has 0 saturated carbocycles. The average Bonchev–Trinajstić information content (AvgIpc) is 1.54. The Balaban J connectivity index is 0.755. The van der Waals surface area contributed by atoms with Gasteiger partial charge in [-0.15, -0.1) is 0 Å². The van der Waals surface area contributed by atoms with Crippen molar-refractivity contribution in [2.24, 2.45) is 0 Å². The van der Waals surface area contributed by atoms with Gasteiger partial charge in [-0.25, -0.2) is 36.7 Å². The number of halogens is 4. The summed E-state index contributed by atoms with van der Waals surface area (Å²) < 4.78 is 87.2. The fraction of sp³-hybridized carbons (Fsp3) is 0.0476. The number of aliphatic hydroxyl groups is 1. The number of carbonyl (C=O) groups excluding carboxylic acids is 8. The number of thioether (sulfide) groups is 4. The van der Waals surface area contributed by atoms with Crippen molar-refractivity contribution in [2.75, 3.05) is 26.2 Å². The number of thiocarbonyl (C=S) groups is 4. The van der Waals surface area contributed by atoms with Crippen molar-refractivity contribution in [2.45, 2.75) is 17.9 Å². The third-order valence-electron chi connectivity index (χ3n) is 18.4. The number of ether oxygens (including phenoxy) is 5. The van der Waals surface area contributed by atoms with E-state index in [1.165, 1.54) is 226 Å². The molecule has 4 fully saturated rings. The Kier molecular flexibility index (Phi) is 20.9. The topological polar surface area (TPSA) is 216 Å². The van der Waals surface area contributed by atoms with Crippen LogP contribution in [0.25, 0.3) is 24.3 Å². The predicted molar refractivity (Wildman–Crippen MR) is 443 cm³/mol. The highest BCUT2D eigenvalue weighted by molar-refractivity contribution is 8.28. The van der Waals surface area contributed by atoms with Crippen LogP contribution in [0, 0.1) is 23.3 Å². The number of benzene rings is 10. The number of carbonyl (C=O) groups is 8. The highest BCUT2D eigenvalue weighted by Gasteiger charge is 2.52. The maximum absolute atomic E-state index is 15.0. The van der Waals surface area contributed by atoms with E-state index in [1.807, 2.05) is 0 Å². The third kappa shape index (κ3) is 15.2. The van der Waals surface area contributed by atoms with Gasteiger partial charge < -0.3 is 28.8 Å². The van der Waals surface area contributed by atoms with Crippen LogP contribution in [0.4, 0.5) is 40.3 Å². The summed E-state index contributed by atoms with van der Waals surface area (Å²) in [6, 6.07) is 50.5. The molecule has 0 unspecified atom stereocenters. The van der Waals surface area contributed by atoms with Gasteiger partial charge in [0.1, 0.15) is 35.5 Å². The molecule has 30 heteroatoms. The molecule has 0 radical (unpaired) electrons. The van der Waals surface area contributed by atoms with E-state index in [0.29, 0.717) is 27.8 Å². The molecule has 1 aliphatic carbocycles. The Labute approximate surface area is 682 Å². The smallest absolute Gasteiger partial charge is 0.343 e. The SMILES string of the molecule is O=C(Oc1cc2c(cc1OC(=O)c1cccc(N3C(=O)/C(=C/c4ccc(F)cc4)SC3=S)c1)[C@@H]1c3ccc(OC(=O)c4cccc(N5C(=O)/C(=C/c6ccc(F)cc6)SC5=S)c4)c(OC(=O)c4cccc(N5C(=O)/C(=C/c6ccc(F)cc6)SC5=S)c4)c3OC[C@]1(O)C2)c1cccc(N2C(=O)/C(=C/c3ccc(F)cc3)SC2=S)c1. The van der Waals surface area contributed by atoms with Crippen LogP contribution in [-0.2, 0) is 25.6 Å². The van der Waals surface area contributed by atoms with Gasteiger partial charge in [0.2, 0.25) is 5.75 Å². The van der Waals surface area contributed by atoms with Crippen molar-refractivity contribution in [3.63, 3.8) is 0 Å². The second kappa shape index (κ2) is 31.3. The summed E-state index contributed by atoms with van der Waals surface area (Å²) in [5.74, 6) is -11.3. The maximum atomic E-state index is 15.0. The van der Waals surface area contributed by atoms with Crippen LogP contribution in [0.5, 0.6) is 28.7 Å². The van der Waals surface area contributed by atoms with Gasteiger partial charge in [-0.2, -0.15) is 0 Å². The molecule has 0 bridgehead atoms. The van der Waals surface area contributed by atoms with E-state index in [2.05, 4.69) is 0 Å². The van der Waals surface area contributed by atoms with E-state index >= 15 is 0 Å². The molecule has 5 heterocycles. The molecule has 0 aromatic heterocycles. The molecule has 4 amide bonds. The van der Waals surface area contributed by atoms with Crippen LogP contribution in [0.3, 0.4) is 0 Å². The lowest BCUT2D eigenvalue weighted by Gasteiger charge is -2.37. The molecule has 6 aliphatic rings. The first-order chi connectivity index (χ1) is 54.9. The first kappa shape index (κ1) is 76.2. The predicted octanol–water partition coefficient (Wildman–Crippen LogP) is 17.6. The van der Waals surface area contributed by atoms with Crippen molar-refractivity contribution in [3.05, 3.63) is 322 Å². The number of anilines is 4. The summed E-state index contributed by atoms with van der Waals surface area (Å²) in [5.41, 5.74) is 1.09. The van der Waals surface area contributed by atoms with Crippen LogP contribution >= 0.6 is 95.9 Å². The lowest BCUT2D eigenvalue weighted by atomic mass is 9.80. The van der Waals surface area contributed by atoms with Gasteiger partial charge in [0, 0.05) is 17.9 Å². The summed E-state index contributed by atoms with van der Waals surface area (Å²) >= 11 is 26.6. The molecule has 1 N–H and O–H groups in total. The minimum absolute atomic E-state index is 0.105. The van der Waals surface area contributed by atoms with Gasteiger partial charge in [-0.1, -0.05) is 175 Å². The fourth-order valence-electron chi connectivity index (χ4n) is 13.1. The number of rotatable bonds is 16. The summed E-state index contributed by atoms with van der Waals surface area (Å²) in [7, 11) is 0. The lowest BCUT2D eigenvalue weighted by Crippen LogP contribution is -2.44. The molecule has 10 aromatic carbocycles. The van der Waals surface area contributed by atoms with E-state index in [4.69, 9.17) is 72.6 Å². The highest BCUT2D eigenvalue weighted by Crippen LogP contribution is 2.57. The van der Waals surface area contributed by atoms with Crippen molar-refractivity contribution < 1.29 is 84.7 Å². The minimum Gasteiger partial charge on any atom is -0.486 e. The zero-order chi connectivity index (χ0) is 79.5. The van der Waals surface area contributed by atoms with E-state index < -0.39 is 100 Å². The molecule has 18 nitrogen and oxygen atoms in total. The Morgan fingerprint density at radius 1 is 0.395 bits per heavy atom. The standard InChI is InChI=1S/C84H46F4N4O14S8/c85-52-21-13-43(14-22-52)31-65-72(93)89(80(107)111-65)56-9-1-5-47(35-56)76(97)103-62-30-29-60-69-61-40-64(105-78(99)49-7-3-11-58(37-49)91-74(95)67(113-82(91)109)33-45-17-25-54(87)26-18-45)63(104-77(98)48-6-2-10-57(36-48)90-73(94)66(112-81(90)108)32-44-15-23-53(86)24-16-44)39-51(61)41-84(69,101)42-102-70(60)71(62)106-79(100)50-8-4-12-59(38-50)92-75(96)68(114-83(92)110)34-46-19-27-55(88)28-20-46/h1-40,69,101H,41-42H2/b65-31-,66-32-,67-33-,68-34-/t69-,84+/m0/s1. The monoisotopic (exact) mass is 1670 g/mol. The van der Waals surface area contributed by atoms with Crippen LogP contribution in [0.1, 0.15) is 86.3 Å². The van der Waals surface area contributed by atoms with Gasteiger partial charge in [-0.3, -0.25) is 38.8 Å². The Morgan fingerprint density at radius 3 is 1.04 bits per heavy atom. The van der Waals surface area contributed by atoms with E-state index in [1.54, 1.807) is 36.4 Å². The van der Waals surface area contributed by atoms with E-state index in [0.717, 1.165) is 47.0 Å². The number of hydrogen-bond acceptors (Lipinski definition) is 22. The molecule has 16 rings (SSSR count). The lowest BCUT2D eigenvalue weighted by molar-refractivity contribution is -0.114. The summed E-state index contributed by atoms with van der Waals surface area (Å²) in [6.45, 7) is -0.561. The van der Waals surface area contributed by atoms with Gasteiger partial charge in [0.15, 0.2) is 40.3 Å². The first-order valence-corrected chi connectivity index (χ1v) is 38.9. The minimum atomic E-state index is -1.90. The third-order valence-corrected chi connectivity index (χ3v) is 23.7. The van der Waals surface area contributed by atoms with E-state index in [-0.39, 0.29) is 117 Å². The number of nitrogens with zero attached hydrogens (tertiary/aromatic N) is 4. The highest BCUT2D eigenvalue weighted by atomic mass is 32.2. The number of amides is 4. The fourth-order valence-corrected chi connectivity index (χ4v) is 18.3. The normalized spacial score (nSPS) is 18.5. The number of hydrogen-bond donors (Lipinski definition) is 1. The van der Waals surface area contributed by atoms with Crippen LogP contribution in [0.15, 0.2) is 238 Å². The largest absolute Gasteiger partial charge is 0.486 e. The molecule has 0 spiro atoms. The number of fused-ring (bicyclic) bond motifs is 5. The van der Waals surface area contributed by atoms with Gasteiger partial charge in [0.25, 0.3) is 23.6 Å². The second-order valence-electron chi connectivity index (χ2n) is 25.8. The quantitative estimate of drug-likeness (QED) is 0.0313. The van der Waals surface area contributed by atoms with Crippen molar-refractivity contribution in [1.82, 2.24) is 0 Å². The molecule has 562 valence electrons. The zero-order valence-electron chi connectivity index (χ0n) is 57.9. The molecule has 5 aliphatic heterocycles. The molecule has 114 heavy (non-hydrogen) atoms. The Morgan fingerprint density at radius 2 is 0.702 bits per heavy atom. The second-order valence-corrected chi connectivity index (χ2v) is 32.5. The van der Waals surface area contributed by atoms with Crippen molar-refractivity contribution in [1.29, 1.82) is 0 Å². The molecular formula is C84H46F4N4O14S8. The Hall–Kier alpha value is -11.8. The van der Waals surface area contributed by atoms with Crippen molar-refractivity contribution >= 4 is 208 Å². The van der Waals surface area contributed by atoms with E-state index in [9.17, 15) is 61.0 Å². The summed E-state index contributed by atoms with van der Waals surface area (Å²) in [6.07, 6.45) is 5.96. The van der Waals surface area contributed by atoms with Gasteiger partial charge >= 0.3 is 23.9 Å². The molecule has 2 atom stereocenters. The Bertz CT molecular complexity index is 6060. The van der Waals surface area contributed by atoms with Crippen molar-refractivity contribution in [3.8, 4) is 28.7 Å². The van der Waals surface area contributed by atoms with Gasteiger partial charge in [0.05, 0.1) is 64.6 Å².